The fraction of sp³-hybridized carbons (Fsp3) is 0.579. The van der Waals surface area contributed by atoms with Gasteiger partial charge in [-0.1, -0.05) is 19.9 Å². The smallest absolute Gasteiger partial charge is 0.328 e. The van der Waals surface area contributed by atoms with Crippen molar-refractivity contribution in [2.45, 2.75) is 45.8 Å². The second kappa shape index (κ2) is 7.54. The molecule has 2 heterocycles. The Hall–Kier alpha value is -1.92. The Balaban J connectivity index is 2.02. The summed E-state index contributed by atoms with van der Waals surface area (Å²) in [6.07, 6.45) is 0.694. The molecule has 1 aromatic carbocycles. The highest BCUT2D eigenvalue weighted by Crippen LogP contribution is 2.21. The third-order valence-corrected chi connectivity index (χ3v) is 4.91. The van der Waals surface area contributed by atoms with Crippen LogP contribution in [0.1, 0.15) is 38.7 Å². The van der Waals surface area contributed by atoms with Crippen molar-refractivity contribution in [3.8, 4) is 0 Å². The highest BCUT2D eigenvalue weighted by Gasteiger charge is 2.27. The summed E-state index contributed by atoms with van der Waals surface area (Å²) in [6, 6.07) is 5.64. The number of hydrogen-bond donors (Lipinski definition) is 1. The van der Waals surface area contributed by atoms with Gasteiger partial charge in [-0.3, -0.25) is 9.36 Å². The van der Waals surface area contributed by atoms with Crippen molar-refractivity contribution in [3.63, 3.8) is 0 Å². The summed E-state index contributed by atoms with van der Waals surface area (Å²) < 4.78 is 12.5. The second-order valence-corrected chi connectivity index (χ2v) is 6.92. The van der Waals surface area contributed by atoms with Gasteiger partial charge in [-0.25, -0.2) is 4.79 Å². The first-order valence-electron chi connectivity index (χ1n) is 8.97. The van der Waals surface area contributed by atoms with Crippen LogP contribution in [0.15, 0.2) is 27.8 Å². The molecule has 2 unspecified atom stereocenters. The summed E-state index contributed by atoms with van der Waals surface area (Å²) in [7, 11) is 0. The molecule has 6 heteroatoms. The number of H-pyrrole nitrogens is 1. The van der Waals surface area contributed by atoms with Crippen LogP contribution in [0.5, 0.6) is 0 Å². The molecule has 0 saturated carbocycles. The number of aromatic amines is 1. The van der Waals surface area contributed by atoms with Crippen molar-refractivity contribution in [2.75, 3.05) is 19.8 Å². The number of ether oxygens (including phenoxy) is 2. The first-order valence-corrected chi connectivity index (χ1v) is 8.97. The average Bonchev–Trinajstić information content (AvgIpc) is 3.11. The molecule has 0 radical (unpaired) electrons. The number of rotatable bonds is 6. The predicted molar refractivity (Wildman–Crippen MR) is 97.3 cm³/mol. The summed E-state index contributed by atoms with van der Waals surface area (Å²) in [6.45, 7) is 8.19. The first kappa shape index (κ1) is 17.9. The molecule has 136 valence electrons. The lowest BCUT2D eigenvalue weighted by molar-refractivity contribution is 0.00363. The van der Waals surface area contributed by atoms with Crippen LogP contribution in [0, 0.1) is 5.92 Å². The van der Waals surface area contributed by atoms with Crippen LogP contribution in [0.25, 0.3) is 10.9 Å². The molecule has 1 N–H and O–H groups in total. The van der Waals surface area contributed by atoms with E-state index in [1.807, 2.05) is 25.1 Å². The second-order valence-electron chi connectivity index (χ2n) is 6.92. The molecule has 1 fully saturated rings. The summed E-state index contributed by atoms with van der Waals surface area (Å²) in [4.78, 5) is 28.2. The van der Waals surface area contributed by atoms with E-state index in [2.05, 4.69) is 18.8 Å². The molecule has 1 aliphatic heterocycles. The zero-order valence-electron chi connectivity index (χ0n) is 15.1. The van der Waals surface area contributed by atoms with Gasteiger partial charge in [-0.05, 0) is 37.0 Å². The fourth-order valence-electron chi connectivity index (χ4n) is 3.37. The van der Waals surface area contributed by atoms with E-state index in [-0.39, 0.29) is 24.1 Å². The number of nitrogens with zero attached hydrogens (tertiary/aromatic N) is 1. The van der Waals surface area contributed by atoms with E-state index in [0.29, 0.717) is 36.6 Å². The maximum atomic E-state index is 12.9. The lowest BCUT2D eigenvalue weighted by Crippen LogP contribution is -2.41. The monoisotopic (exact) mass is 346 g/mol. The molecule has 1 aliphatic rings. The van der Waals surface area contributed by atoms with Gasteiger partial charge in [0.05, 0.1) is 30.2 Å². The highest BCUT2D eigenvalue weighted by atomic mass is 16.5. The molecule has 3 rings (SSSR count). The number of fused-ring (bicyclic) bond motifs is 1. The molecule has 2 aromatic rings. The normalized spacial score (nSPS) is 19.0. The van der Waals surface area contributed by atoms with Crippen LogP contribution in [-0.2, 0) is 16.0 Å². The molecule has 0 amide bonds. The molecule has 1 aromatic heterocycles. The molecule has 0 bridgehead atoms. The van der Waals surface area contributed by atoms with Gasteiger partial charge in [0, 0.05) is 19.1 Å². The predicted octanol–water partition coefficient (Wildman–Crippen LogP) is 2.25. The summed E-state index contributed by atoms with van der Waals surface area (Å²) in [5, 5.41) is 0.545. The Kier molecular flexibility index (Phi) is 5.39. The van der Waals surface area contributed by atoms with E-state index in [9.17, 15) is 9.59 Å². The van der Waals surface area contributed by atoms with Crippen molar-refractivity contribution < 1.29 is 9.47 Å². The van der Waals surface area contributed by atoms with Crippen LogP contribution in [0.4, 0.5) is 0 Å². The molecule has 25 heavy (non-hydrogen) atoms. The molecule has 0 spiro atoms. The van der Waals surface area contributed by atoms with Crippen LogP contribution in [0.3, 0.4) is 0 Å². The van der Waals surface area contributed by atoms with Crippen molar-refractivity contribution in [3.05, 3.63) is 44.6 Å². The van der Waals surface area contributed by atoms with E-state index >= 15 is 0 Å². The quantitative estimate of drug-likeness (QED) is 0.871. The molecule has 2 atom stereocenters. The van der Waals surface area contributed by atoms with Gasteiger partial charge in [0.15, 0.2) is 0 Å². The first-order chi connectivity index (χ1) is 12.0. The maximum absolute atomic E-state index is 12.9. The molecule has 6 nitrogen and oxygen atoms in total. The summed E-state index contributed by atoms with van der Waals surface area (Å²) >= 11 is 0. The summed E-state index contributed by atoms with van der Waals surface area (Å²) in [5.41, 5.74) is 1.00. The van der Waals surface area contributed by atoms with E-state index in [1.54, 1.807) is 0 Å². The number of hydrogen-bond acceptors (Lipinski definition) is 4. The van der Waals surface area contributed by atoms with Gasteiger partial charge < -0.3 is 14.5 Å². The van der Waals surface area contributed by atoms with Crippen LogP contribution in [0.2, 0.25) is 0 Å². The molecular formula is C19H26N2O4. The summed E-state index contributed by atoms with van der Waals surface area (Å²) in [5.74, 6) is 0.528. The number of benzene rings is 1. The van der Waals surface area contributed by atoms with E-state index in [1.165, 1.54) is 4.57 Å². The minimum atomic E-state index is -0.390. The third kappa shape index (κ3) is 3.70. The highest BCUT2D eigenvalue weighted by molar-refractivity contribution is 5.78. The van der Waals surface area contributed by atoms with Gasteiger partial charge in [0.25, 0.3) is 5.56 Å². The SMILES string of the molecule is CCOC(Cn1c(=O)[nH]c2ccc(C(C)C)cc2c1=O)C1CCOC1. The fourth-order valence-corrected chi connectivity index (χ4v) is 3.37. The Labute approximate surface area is 146 Å². The van der Waals surface area contributed by atoms with Crippen molar-refractivity contribution in [2.24, 2.45) is 5.92 Å². The van der Waals surface area contributed by atoms with Gasteiger partial charge in [0.2, 0.25) is 0 Å². The van der Waals surface area contributed by atoms with E-state index < -0.39 is 5.69 Å². The Bertz CT molecular complexity index is 847. The molecule has 1 saturated heterocycles. The average molecular weight is 346 g/mol. The van der Waals surface area contributed by atoms with Gasteiger partial charge in [-0.2, -0.15) is 0 Å². The van der Waals surface area contributed by atoms with Crippen molar-refractivity contribution in [1.29, 1.82) is 0 Å². The maximum Gasteiger partial charge on any atom is 0.328 e. The third-order valence-electron chi connectivity index (χ3n) is 4.91. The molecular weight excluding hydrogens is 320 g/mol. The van der Waals surface area contributed by atoms with Crippen LogP contribution in [-0.4, -0.2) is 35.5 Å². The standard InChI is InChI=1S/C19H26N2O4/c1-4-25-17(14-7-8-24-11-14)10-21-18(22)15-9-13(12(2)3)5-6-16(15)20-19(21)23/h5-6,9,12,14,17H,4,7-8,10-11H2,1-3H3,(H,20,23). The molecule has 0 aliphatic carbocycles. The lowest BCUT2D eigenvalue weighted by Gasteiger charge is -2.23. The Morgan fingerprint density at radius 3 is 2.80 bits per heavy atom. The topological polar surface area (TPSA) is 73.3 Å². The van der Waals surface area contributed by atoms with Gasteiger partial charge in [0.1, 0.15) is 0 Å². The zero-order chi connectivity index (χ0) is 18.0. The largest absolute Gasteiger partial charge is 0.381 e. The van der Waals surface area contributed by atoms with Gasteiger partial charge in [-0.15, -0.1) is 0 Å². The lowest BCUT2D eigenvalue weighted by atomic mass is 10.0. The minimum absolute atomic E-state index is 0.197. The van der Waals surface area contributed by atoms with Gasteiger partial charge >= 0.3 is 5.69 Å². The van der Waals surface area contributed by atoms with Crippen LogP contribution >= 0.6 is 0 Å². The van der Waals surface area contributed by atoms with E-state index in [0.717, 1.165) is 12.0 Å². The Morgan fingerprint density at radius 2 is 2.16 bits per heavy atom. The Morgan fingerprint density at radius 1 is 1.36 bits per heavy atom. The van der Waals surface area contributed by atoms with Crippen molar-refractivity contribution >= 4 is 10.9 Å². The van der Waals surface area contributed by atoms with E-state index in [4.69, 9.17) is 9.47 Å². The number of aromatic nitrogens is 2. The van der Waals surface area contributed by atoms with Crippen LogP contribution < -0.4 is 11.2 Å². The number of nitrogens with one attached hydrogen (secondary N) is 1. The minimum Gasteiger partial charge on any atom is -0.381 e. The van der Waals surface area contributed by atoms with Crippen molar-refractivity contribution in [1.82, 2.24) is 9.55 Å². The zero-order valence-corrected chi connectivity index (χ0v) is 15.1.